The molecule has 20 heavy (non-hydrogen) atoms. The lowest BCUT2D eigenvalue weighted by atomic mass is 10.3. The summed E-state index contributed by atoms with van der Waals surface area (Å²) in [6.45, 7) is 0.0247. The molecule has 2 rings (SSSR count). The third-order valence-corrected chi connectivity index (χ3v) is 2.62. The number of carbonyl (C=O) groups excluding carboxylic acids is 1. The van der Waals surface area contributed by atoms with E-state index in [1.165, 1.54) is 0 Å². The molecule has 5 heteroatoms. The molecule has 2 aromatic rings. The van der Waals surface area contributed by atoms with Crippen LogP contribution in [0.15, 0.2) is 36.5 Å². The van der Waals surface area contributed by atoms with E-state index < -0.39 is 0 Å². The number of nitrogens with zero attached hydrogens (tertiary/aromatic N) is 2. The van der Waals surface area contributed by atoms with Crippen LogP contribution >= 0.6 is 0 Å². The Bertz CT molecular complexity index is 665. The molecule has 0 bridgehead atoms. The van der Waals surface area contributed by atoms with Crippen molar-refractivity contribution in [2.24, 2.45) is 7.05 Å². The molecule has 0 radical (unpaired) electrons. The molecule has 1 amide bonds. The summed E-state index contributed by atoms with van der Waals surface area (Å²) < 4.78 is 1.74. The molecule has 2 N–H and O–H groups in total. The van der Waals surface area contributed by atoms with Crippen LogP contribution in [-0.2, 0) is 7.05 Å². The fourth-order valence-electron chi connectivity index (χ4n) is 1.66. The van der Waals surface area contributed by atoms with Gasteiger partial charge in [0.05, 0.1) is 6.61 Å². The Labute approximate surface area is 117 Å². The number of hydrogen-bond donors (Lipinski definition) is 2. The molecule has 0 aliphatic carbocycles. The maximum Gasteiger partial charge on any atom is 0.273 e. The number of aliphatic hydroxyl groups is 1. The van der Waals surface area contributed by atoms with Crippen molar-refractivity contribution in [3.8, 4) is 11.8 Å². The standard InChI is InChI=1S/C15H15N3O2/c1-18-10-5-8-13(18)15(20)17-14-9-4-7-12(16-14)6-2-3-11-19/h4-5,7-10,19H,3,11H2,1H3,(H,16,17,20). The average Bonchev–Trinajstić information content (AvgIpc) is 2.86. The molecular weight excluding hydrogens is 254 g/mol. The van der Waals surface area contributed by atoms with Gasteiger partial charge < -0.3 is 15.0 Å². The zero-order chi connectivity index (χ0) is 14.4. The molecule has 0 spiro atoms. The second-order valence-corrected chi connectivity index (χ2v) is 4.14. The number of carbonyl (C=O) groups is 1. The minimum absolute atomic E-state index is 0.0247. The Balaban J connectivity index is 2.11. The van der Waals surface area contributed by atoms with Gasteiger partial charge in [0.25, 0.3) is 5.91 Å². The van der Waals surface area contributed by atoms with Crippen LogP contribution in [0.25, 0.3) is 0 Å². The first kappa shape index (κ1) is 13.8. The molecule has 0 aromatic carbocycles. The number of aliphatic hydroxyl groups excluding tert-OH is 1. The number of nitrogens with one attached hydrogen (secondary N) is 1. The Morgan fingerprint density at radius 2 is 2.25 bits per heavy atom. The molecule has 0 fully saturated rings. The Morgan fingerprint density at radius 3 is 2.95 bits per heavy atom. The van der Waals surface area contributed by atoms with Gasteiger partial charge in [-0.25, -0.2) is 4.98 Å². The largest absolute Gasteiger partial charge is 0.395 e. The van der Waals surface area contributed by atoms with Crippen molar-refractivity contribution in [1.82, 2.24) is 9.55 Å². The SMILES string of the molecule is Cn1cccc1C(=O)Nc1cccc(C#CCCO)n1. The van der Waals surface area contributed by atoms with E-state index in [0.717, 1.165) is 0 Å². The minimum Gasteiger partial charge on any atom is -0.395 e. The third-order valence-electron chi connectivity index (χ3n) is 2.62. The third kappa shape index (κ3) is 3.46. The van der Waals surface area contributed by atoms with Gasteiger partial charge >= 0.3 is 0 Å². The molecule has 5 nitrogen and oxygen atoms in total. The number of anilines is 1. The second kappa shape index (κ2) is 6.55. The monoisotopic (exact) mass is 269 g/mol. The fourth-order valence-corrected chi connectivity index (χ4v) is 1.66. The molecule has 2 aromatic heterocycles. The summed E-state index contributed by atoms with van der Waals surface area (Å²) in [6, 6.07) is 8.77. The highest BCUT2D eigenvalue weighted by Gasteiger charge is 2.09. The highest BCUT2D eigenvalue weighted by molar-refractivity contribution is 6.02. The van der Waals surface area contributed by atoms with Crippen molar-refractivity contribution in [2.75, 3.05) is 11.9 Å². The van der Waals surface area contributed by atoms with Crippen LogP contribution in [0.4, 0.5) is 5.82 Å². The maximum absolute atomic E-state index is 12.0. The molecule has 0 aliphatic rings. The Morgan fingerprint density at radius 1 is 1.40 bits per heavy atom. The van der Waals surface area contributed by atoms with E-state index in [2.05, 4.69) is 22.1 Å². The Kier molecular flexibility index (Phi) is 4.53. The predicted octanol–water partition coefficient (Wildman–Crippen LogP) is 1.41. The molecule has 0 saturated heterocycles. The van der Waals surface area contributed by atoms with Gasteiger partial charge in [-0.3, -0.25) is 4.79 Å². The predicted molar refractivity (Wildman–Crippen MR) is 76.2 cm³/mol. The Hall–Kier alpha value is -2.58. The summed E-state index contributed by atoms with van der Waals surface area (Å²) >= 11 is 0. The first-order chi connectivity index (χ1) is 9.70. The van der Waals surface area contributed by atoms with E-state index in [1.54, 1.807) is 48.1 Å². The van der Waals surface area contributed by atoms with E-state index in [9.17, 15) is 4.79 Å². The number of aryl methyl sites for hydroxylation is 1. The van der Waals surface area contributed by atoms with Gasteiger partial charge in [0.1, 0.15) is 17.2 Å². The van der Waals surface area contributed by atoms with E-state index in [-0.39, 0.29) is 12.5 Å². The zero-order valence-electron chi connectivity index (χ0n) is 11.1. The van der Waals surface area contributed by atoms with E-state index in [4.69, 9.17) is 5.11 Å². The summed E-state index contributed by atoms with van der Waals surface area (Å²) in [5.74, 6) is 5.85. The first-order valence-electron chi connectivity index (χ1n) is 6.20. The topological polar surface area (TPSA) is 67.2 Å². The highest BCUT2D eigenvalue weighted by Crippen LogP contribution is 2.07. The lowest BCUT2D eigenvalue weighted by Gasteiger charge is -2.05. The van der Waals surface area contributed by atoms with Crippen molar-refractivity contribution in [3.63, 3.8) is 0 Å². The van der Waals surface area contributed by atoms with Crippen molar-refractivity contribution in [1.29, 1.82) is 0 Å². The molecular formula is C15H15N3O2. The summed E-state index contributed by atoms with van der Waals surface area (Å²) in [4.78, 5) is 16.3. The van der Waals surface area contributed by atoms with Gasteiger partial charge in [0, 0.05) is 19.7 Å². The first-order valence-corrected chi connectivity index (χ1v) is 6.20. The maximum atomic E-state index is 12.0. The summed E-state index contributed by atoms with van der Waals surface area (Å²) in [5.41, 5.74) is 1.12. The van der Waals surface area contributed by atoms with Crippen molar-refractivity contribution >= 4 is 11.7 Å². The molecule has 0 aliphatic heterocycles. The lowest BCUT2D eigenvalue weighted by molar-refractivity contribution is 0.101. The molecule has 102 valence electrons. The van der Waals surface area contributed by atoms with E-state index in [0.29, 0.717) is 23.6 Å². The quantitative estimate of drug-likeness (QED) is 0.828. The van der Waals surface area contributed by atoms with Crippen LogP contribution in [-0.4, -0.2) is 27.2 Å². The highest BCUT2D eigenvalue weighted by atomic mass is 16.2. The molecule has 2 heterocycles. The van der Waals surface area contributed by atoms with Crippen LogP contribution in [0.3, 0.4) is 0 Å². The molecule has 0 saturated carbocycles. The van der Waals surface area contributed by atoms with Crippen LogP contribution < -0.4 is 5.32 Å². The van der Waals surface area contributed by atoms with E-state index >= 15 is 0 Å². The van der Waals surface area contributed by atoms with Gasteiger partial charge in [-0.1, -0.05) is 12.0 Å². The number of pyridine rings is 1. The average molecular weight is 269 g/mol. The zero-order valence-corrected chi connectivity index (χ0v) is 11.1. The fraction of sp³-hybridized carbons (Fsp3) is 0.200. The number of rotatable bonds is 3. The van der Waals surface area contributed by atoms with Crippen LogP contribution in [0.5, 0.6) is 0 Å². The number of aromatic nitrogens is 2. The summed E-state index contributed by atoms with van der Waals surface area (Å²) in [6.07, 6.45) is 2.21. The van der Waals surface area contributed by atoms with Crippen LogP contribution in [0, 0.1) is 11.8 Å². The van der Waals surface area contributed by atoms with Crippen LogP contribution in [0.2, 0.25) is 0 Å². The number of amides is 1. The van der Waals surface area contributed by atoms with Gasteiger partial charge in [-0.05, 0) is 30.2 Å². The van der Waals surface area contributed by atoms with E-state index in [1.807, 2.05) is 0 Å². The normalized spacial score (nSPS) is 9.70. The van der Waals surface area contributed by atoms with Crippen molar-refractivity contribution in [3.05, 3.63) is 47.9 Å². The minimum atomic E-state index is -0.217. The van der Waals surface area contributed by atoms with Gasteiger partial charge in [0.15, 0.2) is 0 Å². The van der Waals surface area contributed by atoms with Gasteiger partial charge in [0.2, 0.25) is 0 Å². The smallest absolute Gasteiger partial charge is 0.273 e. The molecule has 0 unspecified atom stereocenters. The van der Waals surface area contributed by atoms with Crippen LogP contribution in [0.1, 0.15) is 22.6 Å². The van der Waals surface area contributed by atoms with Crippen molar-refractivity contribution in [2.45, 2.75) is 6.42 Å². The lowest BCUT2D eigenvalue weighted by Crippen LogP contribution is -2.16. The van der Waals surface area contributed by atoms with Gasteiger partial charge in [-0.2, -0.15) is 0 Å². The summed E-state index contributed by atoms with van der Waals surface area (Å²) in [5, 5.41) is 11.4. The second-order valence-electron chi connectivity index (χ2n) is 4.14. The van der Waals surface area contributed by atoms with Gasteiger partial charge in [-0.15, -0.1) is 0 Å². The van der Waals surface area contributed by atoms with Crippen molar-refractivity contribution < 1.29 is 9.90 Å². The number of hydrogen-bond acceptors (Lipinski definition) is 3. The molecule has 0 atom stereocenters. The summed E-state index contributed by atoms with van der Waals surface area (Å²) in [7, 11) is 1.80.